The van der Waals surface area contributed by atoms with Crippen molar-refractivity contribution in [1.29, 1.82) is 0 Å². The Kier molecular flexibility index (Phi) is 7.38. The number of rotatable bonds is 9. The normalized spacial score (nSPS) is 13.2. The molecule has 0 aliphatic heterocycles. The second-order valence-electron chi connectivity index (χ2n) is 4.28. The summed E-state index contributed by atoms with van der Waals surface area (Å²) in [6.07, 6.45) is -0.472. The maximum Gasteiger partial charge on any atom is 0.0900 e. The molecule has 1 rings (SSSR count). The molecule has 18 heavy (non-hydrogen) atoms. The smallest absolute Gasteiger partial charge is 0.0900 e. The zero-order valence-electron chi connectivity index (χ0n) is 11.3. The van der Waals surface area contributed by atoms with Gasteiger partial charge in [-0.1, -0.05) is 0 Å². The summed E-state index contributed by atoms with van der Waals surface area (Å²) in [6, 6.07) is 0. The number of ether oxygens (including phenoxy) is 2. The van der Waals surface area contributed by atoms with E-state index < -0.39 is 6.10 Å². The Morgan fingerprint density at radius 3 is 2.89 bits per heavy atom. The molecule has 1 aromatic rings. The van der Waals surface area contributed by atoms with Gasteiger partial charge in [0.05, 0.1) is 37.1 Å². The van der Waals surface area contributed by atoms with Crippen molar-refractivity contribution >= 4 is 11.3 Å². The summed E-state index contributed by atoms with van der Waals surface area (Å²) in [6.45, 7) is 4.82. The van der Waals surface area contributed by atoms with Crippen molar-refractivity contribution in [2.24, 2.45) is 0 Å². The maximum atomic E-state index is 9.80. The first-order chi connectivity index (χ1) is 8.63. The van der Waals surface area contributed by atoms with E-state index in [1.807, 2.05) is 19.5 Å². The molecule has 0 spiro atoms. The Bertz CT molecular complexity index is 333. The Hall–Kier alpha value is -0.530. The van der Waals surface area contributed by atoms with Gasteiger partial charge in [0.2, 0.25) is 0 Å². The summed E-state index contributed by atoms with van der Waals surface area (Å²) in [5, 5.41) is 9.80. The number of aliphatic hydroxyl groups is 1. The average Bonchev–Trinajstić information content (AvgIpc) is 2.70. The molecule has 1 aromatic heterocycles. The number of aryl methyl sites for hydroxylation is 1. The number of aliphatic hydroxyl groups excluding tert-OH is 1. The Labute approximate surface area is 112 Å². The van der Waals surface area contributed by atoms with E-state index in [1.165, 1.54) is 4.88 Å². The molecular weight excluding hydrogens is 252 g/mol. The van der Waals surface area contributed by atoms with Gasteiger partial charge < -0.3 is 14.6 Å². The Morgan fingerprint density at radius 2 is 2.28 bits per heavy atom. The van der Waals surface area contributed by atoms with E-state index in [4.69, 9.17) is 9.47 Å². The third kappa shape index (κ3) is 5.88. The highest BCUT2D eigenvalue weighted by molar-refractivity contribution is 7.09. The molecule has 5 nitrogen and oxygen atoms in total. The molecule has 0 radical (unpaired) electrons. The van der Waals surface area contributed by atoms with Crippen molar-refractivity contribution in [2.45, 2.75) is 19.6 Å². The van der Waals surface area contributed by atoms with Crippen LogP contribution in [0.1, 0.15) is 10.6 Å². The van der Waals surface area contributed by atoms with Gasteiger partial charge in [-0.25, -0.2) is 4.98 Å². The van der Waals surface area contributed by atoms with Crippen LogP contribution in [-0.4, -0.2) is 61.6 Å². The second kappa shape index (κ2) is 8.55. The molecule has 1 atom stereocenters. The predicted octanol–water partition coefficient (Wildman–Crippen LogP) is 0.907. The zero-order chi connectivity index (χ0) is 13.4. The van der Waals surface area contributed by atoms with Gasteiger partial charge in [-0.05, 0) is 14.0 Å². The minimum Gasteiger partial charge on any atom is -0.389 e. The van der Waals surface area contributed by atoms with Crippen molar-refractivity contribution in [3.05, 3.63) is 16.1 Å². The monoisotopic (exact) mass is 274 g/mol. The fourth-order valence-corrected chi connectivity index (χ4v) is 2.42. The van der Waals surface area contributed by atoms with E-state index in [1.54, 1.807) is 18.4 Å². The standard InChI is InChI=1S/C12H22N2O3S/c1-10-12(18-9-13-10)7-14(2)6-11(15)8-17-5-4-16-3/h9,11,15H,4-8H2,1-3H3. The van der Waals surface area contributed by atoms with Gasteiger partial charge >= 0.3 is 0 Å². The number of hydrogen-bond acceptors (Lipinski definition) is 6. The van der Waals surface area contributed by atoms with Crippen molar-refractivity contribution in [3.8, 4) is 0 Å². The van der Waals surface area contributed by atoms with Crippen molar-refractivity contribution in [3.63, 3.8) is 0 Å². The van der Waals surface area contributed by atoms with Crippen LogP contribution in [0.2, 0.25) is 0 Å². The van der Waals surface area contributed by atoms with Crippen molar-refractivity contribution < 1.29 is 14.6 Å². The number of likely N-dealkylation sites (N-methyl/N-ethyl adjacent to an activating group) is 1. The quantitative estimate of drug-likeness (QED) is 0.678. The van der Waals surface area contributed by atoms with Crippen LogP contribution < -0.4 is 0 Å². The predicted molar refractivity (Wildman–Crippen MR) is 71.9 cm³/mol. The maximum absolute atomic E-state index is 9.80. The molecule has 0 saturated carbocycles. The van der Waals surface area contributed by atoms with E-state index in [2.05, 4.69) is 9.88 Å². The molecule has 1 unspecified atom stereocenters. The van der Waals surface area contributed by atoms with E-state index in [9.17, 15) is 5.11 Å². The van der Waals surface area contributed by atoms with Crippen LogP contribution in [0.3, 0.4) is 0 Å². The fraction of sp³-hybridized carbons (Fsp3) is 0.750. The molecule has 0 aliphatic carbocycles. The lowest BCUT2D eigenvalue weighted by Crippen LogP contribution is -2.32. The largest absolute Gasteiger partial charge is 0.389 e. The van der Waals surface area contributed by atoms with E-state index in [0.717, 1.165) is 12.2 Å². The number of hydrogen-bond donors (Lipinski definition) is 1. The summed E-state index contributed by atoms with van der Waals surface area (Å²) >= 11 is 1.65. The summed E-state index contributed by atoms with van der Waals surface area (Å²) < 4.78 is 10.1. The lowest BCUT2D eigenvalue weighted by molar-refractivity contribution is 0.00168. The van der Waals surface area contributed by atoms with Gasteiger partial charge in [-0.2, -0.15) is 0 Å². The summed E-state index contributed by atoms with van der Waals surface area (Å²) in [5.41, 5.74) is 2.92. The number of methoxy groups -OCH3 is 1. The summed E-state index contributed by atoms with van der Waals surface area (Å²) in [5.74, 6) is 0. The highest BCUT2D eigenvalue weighted by atomic mass is 32.1. The van der Waals surface area contributed by atoms with Crippen molar-refractivity contribution in [2.75, 3.05) is 40.5 Å². The summed E-state index contributed by atoms with van der Waals surface area (Å²) in [7, 11) is 3.61. The zero-order valence-corrected chi connectivity index (χ0v) is 12.1. The molecule has 0 aliphatic rings. The fourth-order valence-electron chi connectivity index (χ4n) is 1.56. The molecule has 104 valence electrons. The first-order valence-electron chi connectivity index (χ1n) is 5.95. The molecule has 0 fully saturated rings. The molecule has 0 bridgehead atoms. The van der Waals surface area contributed by atoms with Crippen LogP contribution >= 0.6 is 11.3 Å². The lowest BCUT2D eigenvalue weighted by atomic mass is 10.3. The first kappa shape index (κ1) is 15.5. The average molecular weight is 274 g/mol. The minimum absolute atomic E-state index is 0.343. The third-order valence-electron chi connectivity index (χ3n) is 2.52. The molecule has 0 amide bonds. The Balaban J connectivity index is 2.19. The lowest BCUT2D eigenvalue weighted by Gasteiger charge is -2.20. The highest BCUT2D eigenvalue weighted by Crippen LogP contribution is 2.14. The topological polar surface area (TPSA) is 54.8 Å². The van der Waals surface area contributed by atoms with Gasteiger partial charge in [-0.3, -0.25) is 4.90 Å². The van der Waals surface area contributed by atoms with E-state index >= 15 is 0 Å². The number of nitrogens with zero attached hydrogens (tertiary/aromatic N) is 2. The first-order valence-corrected chi connectivity index (χ1v) is 6.83. The van der Waals surface area contributed by atoms with E-state index in [0.29, 0.717) is 26.4 Å². The van der Waals surface area contributed by atoms with Gasteiger partial charge in [-0.15, -0.1) is 11.3 Å². The van der Waals surface area contributed by atoms with Gasteiger partial charge in [0, 0.05) is 25.1 Å². The van der Waals surface area contributed by atoms with Crippen LogP contribution in [0.4, 0.5) is 0 Å². The molecule has 6 heteroatoms. The third-order valence-corrected chi connectivity index (χ3v) is 3.44. The van der Waals surface area contributed by atoms with Crippen LogP contribution in [0.15, 0.2) is 5.51 Å². The molecule has 1 heterocycles. The molecule has 1 N–H and O–H groups in total. The van der Waals surface area contributed by atoms with Crippen LogP contribution in [0, 0.1) is 6.92 Å². The highest BCUT2D eigenvalue weighted by Gasteiger charge is 2.11. The van der Waals surface area contributed by atoms with Crippen LogP contribution in [0.25, 0.3) is 0 Å². The molecule has 0 saturated heterocycles. The second-order valence-corrected chi connectivity index (χ2v) is 5.22. The van der Waals surface area contributed by atoms with Gasteiger partial charge in [0.1, 0.15) is 0 Å². The SMILES string of the molecule is COCCOCC(O)CN(C)Cc1scnc1C. The van der Waals surface area contributed by atoms with E-state index in [-0.39, 0.29) is 0 Å². The summed E-state index contributed by atoms with van der Waals surface area (Å²) in [4.78, 5) is 7.52. The van der Waals surface area contributed by atoms with Crippen molar-refractivity contribution in [1.82, 2.24) is 9.88 Å². The number of thiazole rings is 1. The minimum atomic E-state index is -0.472. The van der Waals surface area contributed by atoms with Crippen LogP contribution in [-0.2, 0) is 16.0 Å². The van der Waals surface area contributed by atoms with Gasteiger partial charge in [0.15, 0.2) is 0 Å². The number of aromatic nitrogens is 1. The van der Waals surface area contributed by atoms with Crippen LogP contribution in [0.5, 0.6) is 0 Å². The Morgan fingerprint density at radius 1 is 1.50 bits per heavy atom. The molecule has 0 aromatic carbocycles. The molecular formula is C12H22N2O3S. The van der Waals surface area contributed by atoms with Gasteiger partial charge in [0.25, 0.3) is 0 Å².